The average molecular weight is 577 g/mol. The Morgan fingerprint density at radius 3 is 2.45 bits per heavy atom. The average Bonchev–Trinajstić information content (AvgIpc) is 2.86. The number of methoxy groups -OCH3 is 1. The zero-order chi connectivity index (χ0) is 22.4. The van der Waals surface area contributed by atoms with Crippen LogP contribution in [0.2, 0.25) is 0 Å². The lowest BCUT2D eigenvalue weighted by molar-refractivity contribution is 0.0169. The summed E-state index contributed by atoms with van der Waals surface area (Å²) in [5.74, 6) is 2.35. The molecule has 8 nitrogen and oxygen atoms in total. The molecule has 0 bridgehead atoms. The molecule has 0 spiro atoms. The fourth-order valence-corrected chi connectivity index (χ4v) is 4.13. The first-order valence-corrected chi connectivity index (χ1v) is 11.9. The van der Waals surface area contributed by atoms with Gasteiger partial charge in [-0.15, -0.1) is 24.0 Å². The second-order valence-electron chi connectivity index (χ2n) is 8.30. The normalized spacial score (nSPS) is 18.9. The van der Waals surface area contributed by atoms with Crippen LogP contribution in [-0.2, 0) is 14.2 Å². The van der Waals surface area contributed by atoms with Crippen molar-refractivity contribution in [1.29, 1.82) is 0 Å². The molecule has 0 radical (unpaired) electrons. The summed E-state index contributed by atoms with van der Waals surface area (Å²) in [6.45, 7) is 8.36. The van der Waals surface area contributed by atoms with Crippen LogP contribution in [-0.4, -0.2) is 90.8 Å². The predicted molar refractivity (Wildman–Crippen MR) is 142 cm³/mol. The molecular weight excluding hydrogens is 535 g/mol. The van der Waals surface area contributed by atoms with Crippen LogP contribution in [0.3, 0.4) is 0 Å². The smallest absolute Gasteiger partial charge is 0.191 e. The van der Waals surface area contributed by atoms with Crippen molar-refractivity contribution >= 4 is 29.9 Å². The Balaban J connectivity index is 0.00000385. The molecule has 2 fully saturated rings. The van der Waals surface area contributed by atoms with Gasteiger partial charge in [-0.25, -0.2) is 0 Å². The number of benzene rings is 1. The van der Waals surface area contributed by atoms with Crippen molar-refractivity contribution in [3.8, 4) is 5.75 Å². The third kappa shape index (κ3) is 9.94. The van der Waals surface area contributed by atoms with Crippen LogP contribution in [0.15, 0.2) is 29.3 Å². The summed E-state index contributed by atoms with van der Waals surface area (Å²) < 4.78 is 22.1. The van der Waals surface area contributed by atoms with E-state index in [1.165, 1.54) is 5.56 Å². The number of morpholine rings is 1. The number of rotatable bonds is 11. The van der Waals surface area contributed by atoms with Gasteiger partial charge in [-0.3, -0.25) is 9.89 Å². The van der Waals surface area contributed by atoms with Gasteiger partial charge in [-0.05, 0) is 42.9 Å². The van der Waals surface area contributed by atoms with Crippen molar-refractivity contribution in [3.63, 3.8) is 0 Å². The van der Waals surface area contributed by atoms with Crippen molar-refractivity contribution in [2.75, 3.05) is 80.0 Å². The molecule has 1 atom stereocenters. The van der Waals surface area contributed by atoms with E-state index in [0.717, 1.165) is 96.8 Å². The number of nitrogens with one attached hydrogen (secondary N) is 2. The number of aliphatic imine (C=N–C) groups is 1. The van der Waals surface area contributed by atoms with E-state index in [4.69, 9.17) is 18.9 Å². The molecule has 2 saturated heterocycles. The summed E-state index contributed by atoms with van der Waals surface area (Å²) in [6, 6.07) is 8.58. The second kappa shape index (κ2) is 16.5. The van der Waals surface area contributed by atoms with Crippen molar-refractivity contribution in [2.24, 2.45) is 10.9 Å². The minimum atomic E-state index is 0. The predicted octanol–water partition coefficient (Wildman–Crippen LogP) is 2.68. The molecular formula is C24H41IN4O4. The monoisotopic (exact) mass is 576 g/mol. The van der Waals surface area contributed by atoms with E-state index in [9.17, 15) is 0 Å². The summed E-state index contributed by atoms with van der Waals surface area (Å²) in [5.41, 5.74) is 1.26. The number of hydrogen-bond acceptors (Lipinski definition) is 6. The van der Waals surface area contributed by atoms with E-state index in [1.807, 2.05) is 19.2 Å². The molecule has 0 amide bonds. The quantitative estimate of drug-likeness (QED) is 0.182. The van der Waals surface area contributed by atoms with Gasteiger partial charge in [0.15, 0.2) is 5.96 Å². The molecule has 2 aliphatic heterocycles. The van der Waals surface area contributed by atoms with Crippen LogP contribution in [0.5, 0.6) is 5.75 Å². The summed E-state index contributed by atoms with van der Waals surface area (Å²) in [5, 5.41) is 6.92. The second-order valence-corrected chi connectivity index (χ2v) is 8.30. The number of halogens is 1. The summed E-state index contributed by atoms with van der Waals surface area (Å²) in [7, 11) is 3.51. The van der Waals surface area contributed by atoms with Crippen molar-refractivity contribution < 1.29 is 18.9 Å². The van der Waals surface area contributed by atoms with Gasteiger partial charge in [-0.2, -0.15) is 0 Å². The van der Waals surface area contributed by atoms with E-state index in [-0.39, 0.29) is 30.0 Å². The Hall–Kier alpha value is -1.14. The van der Waals surface area contributed by atoms with Gasteiger partial charge in [0.2, 0.25) is 0 Å². The van der Waals surface area contributed by atoms with E-state index in [1.54, 1.807) is 7.11 Å². The van der Waals surface area contributed by atoms with E-state index >= 15 is 0 Å². The third-order valence-corrected chi connectivity index (χ3v) is 6.13. The zero-order valence-corrected chi connectivity index (χ0v) is 22.4. The molecule has 0 saturated carbocycles. The summed E-state index contributed by atoms with van der Waals surface area (Å²) in [4.78, 5) is 6.86. The lowest BCUT2D eigenvalue weighted by atomic mass is 10.0. The maximum Gasteiger partial charge on any atom is 0.191 e. The highest BCUT2D eigenvalue weighted by molar-refractivity contribution is 14.0. The molecule has 9 heteroatoms. The van der Waals surface area contributed by atoms with Gasteiger partial charge in [-0.1, -0.05) is 12.1 Å². The molecule has 1 aromatic rings. The SMILES string of the molecule is CN=C(NCCCOCC1CCOCC1)NCC(c1ccc(OC)cc1)N1CCOCC1.I. The maximum absolute atomic E-state index is 5.86. The summed E-state index contributed by atoms with van der Waals surface area (Å²) in [6.07, 6.45) is 3.19. The fraction of sp³-hybridized carbons (Fsp3) is 0.708. The number of guanidine groups is 1. The van der Waals surface area contributed by atoms with E-state index < -0.39 is 0 Å². The molecule has 3 rings (SSSR count). The van der Waals surface area contributed by atoms with E-state index in [0.29, 0.717) is 5.92 Å². The molecule has 1 aromatic carbocycles. The first-order chi connectivity index (χ1) is 15.8. The molecule has 2 aliphatic rings. The van der Waals surface area contributed by atoms with Gasteiger partial charge in [0, 0.05) is 59.7 Å². The Kier molecular flexibility index (Phi) is 14.0. The highest BCUT2D eigenvalue weighted by atomic mass is 127. The van der Waals surface area contributed by atoms with E-state index in [2.05, 4.69) is 32.7 Å². The molecule has 2 heterocycles. The first-order valence-electron chi connectivity index (χ1n) is 11.9. The fourth-order valence-electron chi connectivity index (χ4n) is 4.13. The van der Waals surface area contributed by atoms with Crippen LogP contribution in [0.4, 0.5) is 0 Å². The first kappa shape index (κ1) is 28.1. The van der Waals surface area contributed by atoms with Gasteiger partial charge in [0.25, 0.3) is 0 Å². The maximum atomic E-state index is 5.86. The number of ether oxygens (including phenoxy) is 4. The Morgan fingerprint density at radius 2 is 1.79 bits per heavy atom. The van der Waals surface area contributed by atoms with Gasteiger partial charge in [0.1, 0.15) is 5.75 Å². The van der Waals surface area contributed by atoms with Crippen molar-refractivity contribution in [1.82, 2.24) is 15.5 Å². The van der Waals surface area contributed by atoms with Crippen molar-refractivity contribution in [3.05, 3.63) is 29.8 Å². The van der Waals surface area contributed by atoms with Crippen LogP contribution >= 0.6 is 24.0 Å². The molecule has 33 heavy (non-hydrogen) atoms. The number of hydrogen-bond donors (Lipinski definition) is 2. The van der Waals surface area contributed by atoms with Crippen LogP contribution in [0.25, 0.3) is 0 Å². The Labute approximate surface area is 215 Å². The van der Waals surface area contributed by atoms with Gasteiger partial charge >= 0.3 is 0 Å². The topological polar surface area (TPSA) is 76.6 Å². The van der Waals surface area contributed by atoms with Crippen molar-refractivity contribution in [2.45, 2.75) is 25.3 Å². The highest BCUT2D eigenvalue weighted by Crippen LogP contribution is 2.23. The highest BCUT2D eigenvalue weighted by Gasteiger charge is 2.23. The zero-order valence-electron chi connectivity index (χ0n) is 20.1. The largest absolute Gasteiger partial charge is 0.497 e. The molecule has 1 unspecified atom stereocenters. The standard InChI is InChI=1S/C24H40N4O4.HI/c1-25-24(26-10-3-13-32-19-20-8-14-30-15-9-20)27-18-23(28-11-16-31-17-12-28)21-4-6-22(29-2)7-5-21;/h4-7,20,23H,3,8-19H2,1-2H3,(H2,25,26,27);1H. The Bertz CT molecular complexity index is 665. The minimum Gasteiger partial charge on any atom is -0.497 e. The molecule has 0 aliphatic carbocycles. The van der Waals surface area contributed by atoms with Crippen LogP contribution < -0.4 is 15.4 Å². The van der Waals surface area contributed by atoms with Gasteiger partial charge < -0.3 is 29.6 Å². The minimum absolute atomic E-state index is 0. The van der Waals surface area contributed by atoms with Gasteiger partial charge in [0.05, 0.1) is 26.4 Å². The lowest BCUT2D eigenvalue weighted by Gasteiger charge is -2.35. The van der Waals surface area contributed by atoms with Crippen LogP contribution in [0.1, 0.15) is 30.9 Å². The lowest BCUT2D eigenvalue weighted by Crippen LogP contribution is -2.46. The summed E-state index contributed by atoms with van der Waals surface area (Å²) >= 11 is 0. The third-order valence-electron chi connectivity index (χ3n) is 6.13. The molecule has 188 valence electrons. The van der Waals surface area contributed by atoms with Crippen LogP contribution in [0, 0.1) is 5.92 Å². The Morgan fingerprint density at radius 1 is 1.09 bits per heavy atom. The molecule has 2 N–H and O–H groups in total. The number of nitrogens with zero attached hydrogens (tertiary/aromatic N) is 2. The molecule has 0 aromatic heterocycles.